The fourth-order valence-electron chi connectivity index (χ4n) is 2.15. The van der Waals surface area contributed by atoms with Crippen molar-refractivity contribution in [3.8, 4) is 0 Å². The van der Waals surface area contributed by atoms with Crippen molar-refractivity contribution < 1.29 is 14.3 Å². The van der Waals surface area contributed by atoms with Gasteiger partial charge in [0.25, 0.3) is 0 Å². The number of esters is 1. The minimum absolute atomic E-state index is 0.280. The van der Waals surface area contributed by atoms with E-state index in [1.807, 2.05) is 60.7 Å². The van der Waals surface area contributed by atoms with Gasteiger partial charge in [0.1, 0.15) is 12.7 Å². The summed E-state index contributed by atoms with van der Waals surface area (Å²) in [6, 6.07) is 19.7. The lowest BCUT2D eigenvalue weighted by Gasteiger charge is -2.19. The predicted octanol–water partition coefficient (Wildman–Crippen LogP) is 3.23. The molecule has 20 heavy (non-hydrogen) atoms. The van der Waals surface area contributed by atoms with Crippen molar-refractivity contribution in [2.75, 3.05) is 6.61 Å². The number of carbonyl (C=O) groups excluding carboxylic acids is 1. The van der Waals surface area contributed by atoms with E-state index in [9.17, 15) is 4.79 Å². The van der Waals surface area contributed by atoms with E-state index in [4.69, 9.17) is 9.47 Å². The van der Waals surface area contributed by atoms with Crippen molar-refractivity contribution in [1.82, 2.24) is 0 Å². The molecule has 0 atom stereocenters. The number of ether oxygens (including phenoxy) is 2. The molecule has 3 rings (SSSR count). The summed E-state index contributed by atoms with van der Waals surface area (Å²) < 4.78 is 10.8. The molecule has 0 bridgehead atoms. The zero-order valence-corrected chi connectivity index (χ0v) is 10.9. The van der Waals surface area contributed by atoms with Crippen molar-refractivity contribution in [2.45, 2.75) is 6.10 Å². The number of cyclic esters (lactones) is 1. The topological polar surface area (TPSA) is 35.5 Å². The van der Waals surface area contributed by atoms with E-state index in [2.05, 4.69) is 0 Å². The Balaban J connectivity index is 1.94. The Hall–Kier alpha value is -2.55. The molecule has 100 valence electrons. The highest BCUT2D eigenvalue weighted by Gasteiger charge is 2.24. The van der Waals surface area contributed by atoms with Gasteiger partial charge in [0.2, 0.25) is 5.76 Å². The molecule has 2 aromatic rings. The van der Waals surface area contributed by atoms with Gasteiger partial charge in [-0.05, 0) is 11.1 Å². The van der Waals surface area contributed by atoms with Crippen LogP contribution >= 0.6 is 0 Å². The van der Waals surface area contributed by atoms with Crippen LogP contribution in [0.4, 0.5) is 0 Å². The van der Waals surface area contributed by atoms with E-state index in [-0.39, 0.29) is 18.5 Å². The van der Waals surface area contributed by atoms with Gasteiger partial charge in [-0.25, -0.2) is 4.79 Å². The normalized spacial score (nSPS) is 14.1. The molecule has 0 N–H and O–H groups in total. The van der Waals surface area contributed by atoms with E-state index in [0.717, 1.165) is 11.1 Å². The number of rotatable bonds is 4. The zero-order chi connectivity index (χ0) is 13.8. The van der Waals surface area contributed by atoms with Crippen LogP contribution in [-0.2, 0) is 14.3 Å². The van der Waals surface area contributed by atoms with E-state index in [1.165, 1.54) is 0 Å². The monoisotopic (exact) mass is 266 g/mol. The summed E-state index contributed by atoms with van der Waals surface area (Å²) in [7, 11) is 0. The summed E-state index contributed by atoms with van der Waals surface area (Å²) in [6.07, 6.45) is 1.36. The Kier molecular flexibility index (Phi) is 3.50. The van der Waals surface area contributed by atoms with E-state index < -0.39 is 5.97 Å². The molecule has 0 spiro atoms. The molecule has 0 radical (unpaired) electrons. The van der Waals surface area contributed by atoms with Crippen molar-refractivity contribution in [1.29, 1.82) is 0 Å². The molecular formula is C17H14O3. The summed E-state index contributed by atoms with van der Waals surface area (Å²) in [5.74, 6) is -0.121. The summed E-state index contributed by atoms with van der Waals surface area (Å²) in [6.45, 7) is 0.282. The highest BCUT2D eigenvalue weighted by molar-refractivity contribution is 5.88. The van der Waals surface area contributed by atoms with Gasteiger partial charge in [0.05, 0.1) is 0 Å². The average molecular weight is 266 g/mol. The van der Waals surface area contributed by atoms with Crippen molar-refractivity contribution in [3.05, 3.63) is 83.6 Å². The third kappa shape index (κ3) is 2.57. The zero-order valence-electron chi connectivity index (χ0n) is 10.9. The minimum atomic E-state index is -0.401. The van der Waals surface area contributed by atoms with Gasteiger partial charge in [-0.15, -0.1) is 0 Å². The number of hydrogen-bond acceptors (Lipinski definition) is 3. The number of benzene rings is 2. The first-order valence-electron chi connectivity index (χ1n) is 6.48. The molecule has 0 fully saturated rings. The molecule has 3 heteroatoms. The number of hydrogen-bond donors (Lipinski definition) is 0. The Morgan fingerprint density at radius 1 is 0.900 bits per heavy atom. The lowest BCUT2D eigenvalue weighted by Crippen LogP contribution is -2.10. The van der Waals surface area contributed by atoms with Gasteiger partial charge in [-0.1, -0.05) is 60.7 Å². The van der Waals surface area contributed by atoms with Crippen LogP contribution in [0.5, 0.6) is 0 Å². The Bertz CT molecular complexity index is 578. The fourth-order valence-corrected chi connectivity index (χ4v) is 2.15. The standard InChI is InChI=1S/C17H14O3/c18-17-15(11-12-19-17)20-16(13-7-3-1-4-8-13)14-9-5-2-6-10-14/h1-11,16H,12H2. The lowest BCUT2D eigenvalue weighted by atomic mass is 10.0. The quantitative estimate of drug-likeness (QED) is 0.797. The molecule has 0 aromatic heterocycles. The van der Waals surface area contributed by atoms with Gasteiger partial charge in [-0.3, -0.25) is 0 Å². The molecule has 3 nitrogen and oxygen atoms in total. The maximum Gasteiger partial charge on any atom is 0.373 e. The molecule has 0 saturated carbocycles. The van der Waals surface area contributed by atoms with E-state index >= 15 is 0 Å². The number of carbonyl (C=O) groups is 1. The van der Waals surface area contributed by atoms with E-state index in [1.54, 1.807) is 6.08 Å². The van der Waals surface area contributed by atoms with Gasteiger partial charge in [0, 0.05) is 6.08 Å². The lowest BCUT2D eigenvalue weighted by molar-refractivity contribution is -0.139. The highest BCUT2D eigenvalue weighted by Crippen LogP contribution is 2.29. The van der Waals surface area contributed by atoms with Gasteiger partial charge >= 0.3 is 5.97 Å². The molecule has 1 aliphatic rings. The molecule has 0 unspecified atom stereocenters. The maximum atomic E-state index is 11.6. The second kappa shape index (κ2) is 5.61. The second-order valence-corrected chi connectivity index (χ2v) is 4.49. The SMILES string of the molecule is O=C1OCC=C1OC(c1ccccc1)c1ccccc1. The predicted molar refractivity (Wildman–Crippen MR) is 74.9 cm³/mol. The van der Waals surface area contributed by atoms with Crippen LogP contribution in [0.15, 0.2) is 72.5 Å². The van der Waals surface area contributed by atoms with Crippen molar-refractivity contribution in [3.63, 3.8) is 0 Å². The molecule has 2 aromatic carbocycles. The summed E-state index contributed by atoms with van der Waals surface area (Å²) in [5, 5.41) is 0. The largest absolute Gasteiger partial charge is 0.474 e. The molecule has 0 saturated heterocycles. The molecular weight excluding hydrogens is 252 g/mol. The second-order valence-electron chi connectivity index (χ2n) is 4.49. The molecule has 1 aliphatic heterocycles. The van der Waals surface area contributed by atoms with Crippen LogP contribution in [0, 0.1) is 0 Å². The minimum Gasteiger partial charge on any atom is -0.474 e. The first kappa shape index (κ1) is 12.5. The van der Waals surface area contributed by atoms with Gasteiger partial charge < -0.3 is 9.47 Å². The first-order chi connectivity index (χ1) is 9.84. The maximum absolute atomic E-state index is 11.6. The van der Waals surface area contributed by atoms with Crippen LogP contribution < -0.4 is 0 Å². The third-order valence-corrected chi connectivity index (χ3v) is 3.13. The van der Waals surface area contributed by atoms with Crippen LogP contribution in [0.25, 0.3) is 0 Å². The summed E-state index contributed by atoms with van der Waals surface area (Å²) >= 11 is 0. The summed E-state index contributed by atoms with van der Waals surface area (Å²) in [5.41, 5.74) is 2.00. The molecule has 0 amide bonds. The van der Waals surface area contributed by atoms with Crippen molar-refractivity contribution >= 4 is 5.97 Å². The molecule has 1 heterocycles. The average Bonchev–Trinajstić information content (AvgIpc) is 2.92. The van der Waals surface area contributed by atoms with Crippen molar-refractivity contribution in [2.24, 2.45) is 0 Å². The molecule has 0 aliphatic carbocycles. The van der Waals surface area contributed by atoms with E-state index in [0.29, 0.717) is 0 Å². The smallest absolute Gasteiger partial charge is 0.373 e. The fraction of sp³-hybridized carbons (Fsp3) is 0.118. The van der Waals surface area contributed by atoms with Crippen LogP contribution in [0.3, 0.4) is 0 Å². The van der Waals surface area contributed by atoms with Gasteiger partial charge in [-0.2, -0.15) is 0 Å². The summed E-state index contributed by atoms with van der Waals surface area (Å²) in [4.78, 5) is 11.6. The Morgan fingerprint density at radius 2 is 1.45 bits per heavy atom. The highest BCUT2D eigenvalue weighted by atomic mass is 16.6. The first-order valence-corrected chi connectivity index (χ1v) is 6.48. The van der Waals surface area contributed by atoms with Crippen LogP contribution in [0.2, 0.25) is 0 Å². The van der Waals surface area contributed by atoms with Crippen LogP contribution in [-0.4, -0.2) is 12.6 Å². The van der Waals surface area contributed by atoms with Crippen LogP contribution in [0.1, 0.15) is 17.2 Å². The Labute approximate surface area is 117 Å². The van der Waals surface area contributed by atoms with Gasteiger partial charge in [0.15, 0.2) is 0 Å². The Morgan fingerprint density at radius 3 is 1.90 bits per heavy atom. The third-order valence-electron chi connectivity index (χ3n) is 3.13.